The lowest BCUT2D eigenvalue weighted by Gasteiger charge is -2.21. The molecule has 0 saturated carbocycles. The van der Waals surface area contributed by atoms with Gasteiger partial charge in [-0.25, -0.2) is 0 Å². The fraction of sp³-hybridized carbons (Fsp3) is 0.435. The number of methoxy groups -OCH3 is 1. The summed E-state index contributed by atoms with van der Waals surface area (Å²) in [5.74, 6) is 1.32. The zero-order chi connectivity index (χ0) is 19.4. The molecule has 0 bridgehead atoms. The fourth-order valence-electron chi connectivity index (χ4n) is 3.34. The van der Waals surface area contributed by atoms with Gasteiger partial charge < -0.3 is 10.1 Å². The van der Waals surface area contributed by atoms with Gasteiger partial charge in [-0.05, 0) is 73.6 Å². The van der Waals surface area contributed by atoms with Crippen LogP contribution >= 0.6 is 0 Å². The maximum absolute atomic E-state index is 12.6. The van der Waals surface area contributed by atoms with Crippen LogP contribution in [0.4, 0.5) is 0 Å². The van der Waals surface area contributed by atoms with Crippen LogP contribution in [-0.4, -0.2) is 13.0 Å². The molecule has 1 atom stereocenters. The highest BCUT2D eigenvalue weighted by atomic mass is 16.5. The lowest BCUT2D eigenvalue weighted by atomic mass is 9.93. The highest BCUT2D eigenvalue weighted by Crippen LogP contribution is 2.32. The maximum Gasteiger partial charge on any atom is 0.224 e. The van der Waals surface area contributed by atoms with Crippen molar-refractivity contribution in [2.45, 2.75) is 59.9 Å². The zero-order valence-electron chi connectivity index (χ0n) is 17.1. The Hall–Kier alpha value is -2.29. The Morgan fingerprint density at radius 3 is 2.31 bits per heavy atom. The predicted molar refractivity (Wildman–Crippen MR) is 108 cm³/mol. The van der Waals surface area contributed by atoms with E-state index in [1.807, 2.05) is 13.8 Å². The smallest absolute Gasteiger partial charge is 0.224 e. The molecule has 2 aromatic carbocycles. The van der Waals surface area contributed by atoms with Crippen molar-refractivity contribution in [1.29, 1.82) is 0 Å². The monoisotopic (exact) mass is 353 g/mol. The van der Waals surface area contributed by atoms with E-state index in [4.69, 9.17) is 4.74 Å². The third-order valence-electron chi connectivity index (χ3n) is 4.94. The summed E-state index contributed by atoms with van der Waals surface area (Å²) in [6.45, 7) is 12.5. The second kappa shape index (κ2) is 8.39. The average Bonchev–Trinajstić information content (AvgIpc) is 2.57. The second-order valence-electron chi connectivity index (χ2n) is 7.50. The standard InChI is InChI=1S/C23H31NO2/c1-14(2)20-13-21(17(5)11-22(20)26-7)18(6)24-23(25)12-19-10-15(3)8-9-16(19)4/h8-11,13-14,18H,12H2,1-7H3,(H,24,25)/t18-/m1/s1. The largest absolute Gasteiger partial charge is 0.496 e. The molecule has 140 valence electrons. The molecule has 0 unspecified atom stereocenters. The van der Waals surface area contributed by atoms with Crippen LogP contribution in [0.15, 0.2) is 30.3 Å². The molecule has 2 aromatic rings. The number of nitrogens with one attached hydrogen (secondary N) is 1. The second-order valence-corrected chi connectivity index (χ2v) is 7.50. The Bertz CT molecular complexity index is 793. The first-order chi connectivity index (χ1) is 12.2. The van der Waals surface area contributed by atoms with Crippen molar-refractivity contribution in [1.82, 2.24) is 5.32 Å². The van der Waals surface area contributed by atoms with Crippen LogP contribution in [0.2, 0.25) is 0 Å². The van der Waals surface area contributed by atoms with Crippen molar-refractivity contribution in [3.8, 4) is 5.75 Å². The molecule has 1 N–H and O–H groups in total. The van der Waals surface area contributed by atoms with Crippen molar-refractivity contribution in [3.63, 3.8) is 0 Å². The van der Waals surface area contributed by atoms with Crippen LogP contribution < -0.4 is 10.1 Å². The predicted octanol–water partition coefficient (Wildman–Crippen LogP) is 5.16. The molecule has 0 aromatic heterocycles. The molecule has 26 heavy (non-hydrogen) atoms. The van der Waals surface area contributed by atoms with Gasteiger partial charge in [0.15, 0.2) is 0 Å². The van der Waals surface area contributed by atoms with Gasteiger partial charge in [-0.1, -0.05) is 37.6 Å². The Morgan fingerprint density at radius 2 is 1.69 bits per heavy atom. The number of rotatable bonds is 6. The first kappa shape index (κ1) is 20.0. The molecule has 0 aliphatic carbocycles. The average molecular weight is 354 g/mol. The van der Waals surface area contributed by atoms with E-state index in [1.165, 1.54) is 11.1 Å². The Kier molecular flexibility index (Phi) is 6.47. The van der Waals surface area contributed by atoms with E-state index < -0.39 is 0 Å². The lowest BCUT2D eigenvalue weighted by Crippen LogP contribution is -2.29. The van der Waals surface area contributed by atoms with E-state index in [0.29, 0.717) is 12.3 Å². The molecule has 0 aliphatic rings. The Labute approximate surface area is 157 Å². The quantitative estimate of drug-likeness (QED) is 0.778. The highest BCUT2D eigenvalue weighted by Gasteiger charge is 2.17. The van der Waals surface area contributed by atoms with Gasteiger partial charge in [0.1, 0.15) is 5.75 Å². The molecule has 0 fully saturated rings. The number of aryl methyl sites for hydroxylation is 3. The first-order valence-electron chi connectivity index (χ1n) is 9.26. The molecule has 3 nitrogen and oxygen atoms in total. The summed E-state index contributed by atoms with van der Waals surface area (Å²) in [5, 5.41) is 3.16. The lowest BCUT2D eigenvalue weighted by molar-refractivity contribution is -0.121. The van der Waals surface area contributed by atoms with Gasteiger partial charge in [0, 0.05) is 0 Å². The van der Waals surface area contributed by atoms with Gasteiger partial charge in [0.2, 0.25) is 5.91 Å². The topological polar surface area (TPSA) is 38.3 Å². The molecule has 0 aliphatic heterocycles. The van der Waals surface area contributed by atoms with Gasteiger partial charge in [-0.2, -0.15) is 0 Å². The van der Waals surface area contributed by atoms with E-state index in [1.54, 1.807) is 7.11 Å². The summed E-state index contributed by atoms with van der Waals surface area (Å²) in [6, 6.07) is 10.4. The van der Waals surface area contributed by atoms with Gasteiger partial charge in [-0.15, -0.1) is 0 Å². The maximum atomic E-state index is 12.6. The molecular weight excluding hydrogens is 322 g/mol. The van der Waals surface area contributed by atoms with Crippen molar-refractivity contribution in [2.75, 3.05) is 7.11 Å². The van der Waals surface area contributed by atoms with Crippen LogP contribution in [0.3, 0.4) is 0 Å². The highest BCUT2D eigenvalue weighted by molar-refractivity contribution is 5.79. The van der Waals surface area contributed by atoms with Gasteiger partial charge in [-0.3, -0.25) is 4.79 Å². The van der Waals surface area contributed by atoms with Crippen LogP contribution in [0.5, 0.6) is 5.75 Å². The zero-order valence-corrected chi connectivity index (χ0v) is 17.1. The summed E-state index contributed by atoms with van der Waals surface area (Å²) in [7, 11) is 1.70. The normalized spacial score (nSPS) is 12.2. The number of benzene rings is 2. The third kappa shape index (κ3) is 4.66. The molecule has 0 spiro atoms. The van der Waals surface area contributed by atoms with Crippen molar-refractivity contribution < 1.29 is 9.53 Å². The van der Waals surface area contributed by atoms with Crippen molar-refractivity contribution >= 4 is 5.91 Å². The Balaban J connectivity index is 2.18. The van der Waals surface area contributed by atoms with E-state index in [0.717, 1.165) is 28.0 Å². The summed E-state index contributed by atoms with van der Waals surface area (Å²) in [5.41, 5.74) is 6.86. The summed E-state index contributed by atoms with van der Waals surface area (Å²) >= 11 is 0. The molecular formula is C23H31NO2. The van der Waals surface area contributed by atoms with E-state index in [9.17, 15) is 4.79 Å². The minimum absolute atomic E-state index is 0.0454. The molecule has 2 rings (SSSR count). The van der Waals surface area contributed by atoms with Gasteiger partial charge >= 0.3 is 0 Å². The summed E-state index contributed by atoms with van der Waals surface area (Å²) in [6.07, 6.45) is 0.407. The van der Waals surface area contributed by atoms with E-state index in [-0.39, 0.29) is 11.9 Å². The number of carbonyl (C=O) groups excluding carboxylic acids is 1. The molecule has 0 heterocycles. The minimum Gasteiger partial charge on any atom is -0.496 e. The number of hydrogen-bond acceptors (Lipinski definition) is 2. The SMILES string of the molecule is COc1cc(C)c([C@@H](C)NC(=O)Cc2cc(C)ccc2C)cc1C(C)C. The van der Waals surface area contributed by atoms with Crippen LogP contribution in [0.1, 0.15) is 66.1 Å². The van der Waals surface area contributed by atoms with Crippen LogP contribution in [0.25, 0.3) is 0 Å². The molecule has 1 amide bonds. The van der Waals surface area contributed by atoms with Crippen molar-refractivity contribution in [3.05, 3.63) is 63.7 Å². The van der Waals surface area contributed by atoms with Crippen LogP contribution in [0, 0.1) is 20.8 Å². The van der Waals surface area contributed by atoms with Crippen molar-refractivity contribution in [2.24, 2.45) is 0 Å². The third-order valence-corrected chi connectivity index (χ3v) is 4.94. The molecule has 0 saturated heterocycles. The summed E-state index contributed by atoms with van der Waals surface area (Å²) < 4.78 is 5.52. The minimum atomic E-state index is -0.0454. The van der Waals surface area contributed by atoms with Crippen LogP contribution in [-0.2, 0) is 11.2 Å². The number of amides is 1. The summed E-state index contributed by atoms with van der Waals surface area (Å²) in [4.78, 5) is 12.6. The van der Waals surface area contributed by atoms with Gasteiger partial charge in [0.25, 0.3) is 0 Å². The van der Waals surface area contributed by atoms with Gasteiger partial charge in [0.05, 0.1) is 19.6 Å². The number of ether oxygens (including phenoxy) is 1. The fourth-order valence-corrected chi connectivity index (χ4v) is 3.34. The number of hydrogen-bond donors (Lipinski definition) is 1. The Morgan fingerprint density at radius 1 is 1.00 bits per heavy atom. The van der Waals surface area contributed by atoms with E-state index in [2.05, 4.69) is 63.3 Å². The molecule has 3 heteroatoms. The van der Waals surface area contributed by atoms with E-state index >= 15 is 0 Å². The number of carbonyl (C=O) groups is 1. The first-order valence-corrected chi connectivity index (χ1v) is 9.26. The molecule has 0 radical (unpaired) electrons.